The van der Waals surface area contributed by atoms with Crippen LogP contribution in [0.3, 0.4) is 0 Å². The molecular weight excluding hydrogens is 306 g/mol. The van der Waals surface area contributed by atoms with Crippen molar-refractivity contribution >= 4 is 17.1 Å². The molecule has 1 fully saturated rings. The van der Waals surface area contributed by atoms with E-state index < -0.39 is 0 Å². The third-order valence-corrected chi connectivity index (χ3v) is 4.13. The molecule has 24 heavy (non-hydrogen) atoms. The maximum Gasteiger partial charge on any atom is 0.292 e. The van der Waals surface area contributed by atoms with Crippen LogP contribution >= 0.6 is 0 Å². The summed E-state index contributed by atoms with van der Waals surface area (Å²) in [6, 6.07) is 14.7. The van der Waals surface area contributed by atoms with Crippen LogP contribution in [0.1, 0.15) is 5.56 Å². The number of nitro benzene ring substituents is 1. The third-order valence-electron chi connectivity index (χ3n) is 4.13. The van der Waals surface area contributed by atoms with E-state index in [0.717, 1.165) is 45.0 Å². The minimum absolute atomic E-state index is 0.0798. The van der Waals surface area contributed by atoms with Crippen molar-refractivity contribution in [3.05, 3.63) is 64.2 Å². The van der Waals surface area contributed by atoms with Crippen molar-refractivity contribution in [1.29, 1.82) is 0 Å². The van der Waals surface area contributed by atoms with Crippen LogP contribution < -0.4 is 5.32 Å². The molecule has 1 aliphatic heterocycles. The predicted molar refractivity (Wildman–Crippen MR) is 93.8 cm³/mol. The smallest absolute Gasteiger partial charge is 0.292 e. The van der Waals surface area contributed by atoms with E-state index in [9.17, 15) is 10.1 Å². The summed E-state index contributed by atoms with van der Waals surface area (Å²) in [7, 11) is 0. The molecule has 0 spiro atoms. The zero-order valence-corrected chi connectivity index (χ0v) is 13.5. The highest BCUT2D eigenvalue weighted by Gasteiger charge is 2.13. The Bertz CT molecular complexity index is 699. The predicted octanol–water partition coefficient (Wildman–Crippen LogP) is 3.21. The zero-order chi connectivity index (χ0) is 16.8. The highest BCUT2D eigenvalue weighted by Crippen LogP contribution is 2.27. The molecule has 0 amide bonds. The first-order valence-electron chi connectivity index (χ1n) is 8.12. The third kappa shape index (κ3) is 4.31. The molecular formula is C18H21N3O3. The van der Waals surface area contributed by atoms with E-state index >= 15 is 0 Å². The topological polar surface area (TPSA) is 67.6 Å². The van der Waals surface area contributed by atoms with Gasteiger partial charge in [0.1, 0.15) is 5.69 Å². The van der Waals surface area contributed by atoms with Gasteiger partial charge in [-0.3, -0.25) is 15.0 Å². The molecule has 0 radical (unpaired) electrons. The van der Waals surface area contributed by atoms with Gasteiger partial charge < -0.3 is 10.1 Å². The normalized spacial score (nSPS) is 15.2. The Kier molecular flexibility index (Phi) is 5.40. The van der Waals surface area contributed by atoms with Crippen LogP contribution in [-0.4, -0.2) is 42.7 Å². The summed E-state index contributed by atoms with van der Waals surface area (Å²) >= 11 is 0. The van der Waals surface area contributed by atoms with Crippen LogP contribution in [0.2, 0.25) is 0 Å². The van der Waals surface area contributed by atoms with Gasteiger partial charge in [0.2, 0.25) is 0 Å². The molecule has 2 aromatic carbocycles. The largest absolute Gasteiger partial charge is 0.379 e. The van der Waals surface area contributed by atoms with E-state index in [-0.39, 0.29) is 10.6 Å². The Morgan fingerprint density at radius 1 is 1.12 bits per heavy atom. The Morgan fingerprint density at radius 2 is 1.92 bits per heavy atom. The number of anilines is 2. The molecule has 2 aromatic rings. The molecule has 1 saturated heterocycles. The van der Waals surface area contributed by atoms with Crippen molar-refractivity contribution in [2.45, 2.75) is 6.42 Å². The summed E-state index contributed by atoms with van der Waals surface area (Å²) in [6.07, 6.45) is 0.951. The van der Waals surface area contributed by atoms with Crippen molar-refractivity contribution in [2.24, 2.45) is 0 Å². The van der Waals surface area contributed by atoms with Crippen molar-refractivity contribution in [3.8, 4) is 0 Å². The highest BCUT2D eigenvalue weighted by molar-refractivity contribution is 5.69. The number of hydrogen-bond acceptors (Lipinski definition) is 5. The molecule has 0 atom stereocenters. The summed E-state index contributed by atoms with van der Waals surface area (Å²) in [5.41, 5.74) is 2.66. The average Bonchev–Trinajstić information content (AvgIpc) is 2.61. The fraction of sp³-hybridized carbons (Fsp3) is 0.333. The number of nitrogens with one attached hydrogen (secondary N) is 1. The van der Waals surface area contributed by atoms with Crippen LogP contribution in [0.5, 0.6) is 0 Å². The average molecular weight is 327 g/mol. The second-order valence-electron chi connectivity index (χ2n) is 5.80. The van der Waals surface area contributed by atoms with Gasteiger partial charge >= 0.3 is 0 Å². The number of para-hydroxylation sites is 2. The van der Waals surface area contributed by atoms with Gasteiger partial charge in [-0.1, -0.05) is 24.3 Å². The second kappa shape index (κ2) is 7.90. The van der Waals surface area contributed by atoms with E-state index in [2.05, 4.69) is 22.3 Å². The van der Waals surface area contributed by atoms with E-state index in [1.54, 1.807) is 18.2 Å². The lowest BCUT2D eigenvalue weighted by atomic mass is 10.1. The van der Waals surface area contributed by atoms with Crippen LogP contribution in [0, 0.1) is 10.1 Å². The molecule has 0 unspecified atom stereocenters. The van der Waals surface area contributed by atoms with Crippen molar-refractivity contribution in [2.75, 3.05) is 38.2 Å². The quantitative estimate of drug-likeness (QED) is 0.652. The van der Waals surface area contributed by atoms with E-state index in [4.69, 9.17) is 4.74 Å². The zero-order valence-electron chi connectivity index (χ0n) is 13.5. The van der Waals surface area contributed by atoms with Crippen molar-refractivity contribution in [1.82, 2.24) is 4.90 Å². The maximum absolute atomic E-state index is 11.1. The molecule has 126 valence electrons. The monoisotopic (exact) mass is 327 g/mol. The fourth-order valence-electron chi connectivity index (χ4n) is 2.81. The molecule has 1 heterocycles. The van der Waals surface area contributed by atoms with Gasteiger partial charge in [0.15, 0.2) is 0 Å². The SMILES string of the molecule is O=[N+]([O-])c1ccccc1Nc1cccc(CCN2CCOCC2)c1. The number of hydrogen-bond donors (Lipinski definition) is 1. The van der Waals surface area contributed by atoms with Gasteiger partial charge in [0, 0.05) is 31.4 Å². The van der Waals surface area contributed by atoms with Gasteiger partial charge in [-0.15, -0.1) is 0 Å². The first kappa shape index (κ1) is 16.4. The lowest BCUT2D eigenvalue weighted by molar-refractivity contribution is -0.383. The molecule has 0 aromatic heterocycles. The Hall–Kier alpha value is -2.44. The number of ether oxygens (including phenoxy) is 1. The fourth-order valence-corrected chi connectivity index (χ4v) is 2.81. The first-order valence-corrected chi connectivity index (χ1v) is 8.12. The maximum atomic E-state index is 11.1. The van der Waals surface area contributed by atoms with E-state index in [1.807, 2.05) is 12.1 Å². The van der Waals surface area contributed by atoms with E-state index in [1.165, 1.54) is 11.6 Å². The first-order chi connectivity index (χ1) is 11.7. The summed E-state index contributed by atoms with van der Waals surface area (Å²) in [5, 5.41) is 14.3. The van der Waals surface area contributed by atoms with Crippen LogP contribution in [0.25, 0.3) is 0 Å². The highest BCUT2D eigenvalue weighted by atomic mass is 16.6. The number of nitrogens with zero attached hydrogens (tertiary/aromatic N) is 2. The number of rotatable bonds is 6. The lowest BCUT2D eigenvalue weighted by Gasteiger charge is -2.26. The minimum atomic E-state index is -0.370. The van der Waals surface area contributed by atoms with Crippen molar-refractivity contribution in [3.63, 3.8) is 0 Å². The van der Waals surface area contributed by atoms with E-state index in [0.29, 0.717) is 5.69 Å². The second-order valence-corrected chi connectivity index (χ2v) is 5.80. The van der Waals surface area contributed by atoms with Crippen LogP contribution in [-0.2, 0) is 11.2 Å². The standard InChI is InChI=1S/C18H21N3O3/c22-21(23)18-7-2-1-6-17(18)19-16-5-3-4-15(14-16)8-9-20-10-12-24-13-11-20/h1-7,14,19H,8-13H2. The molecule has 1 N–H and O–H groups in total. The summed E-state index contributed by atoms with van der Waals surface area (Å²) in [6.45, 7) is 4.57. The minimum Gasteiger partial charge on any atom is -0.379 e. The van der Waals surface area contributed by atoms with Crippen LogP contribution in [0.4, 0.5) is 17.1 Å². The molecule has 0 bridgehead atoms. The Labute approximate surface area is 141 Å². The molecule has 3 rings (SSSR count). The van der Waals surface area contributed by atoms with Gasteiger partial charge in [-0.05, 0) is 30.2 Å². The summed E-state index contributed by atoms with van der Waals surface area (Å²) < 4.78 is 5.36. The summed E-state index contributed by atoms with van der Waals surface area (Å²) in [5.74, 6) is 0. The Balaban J connectivity index is 1.66. The molecule has 1 aliphatic rings. The van der Waals surface area contributed by atoms with Gasteiger partial charge in [-0.2, -0.15) is 0 Å². The van der Waals surface area contributed by atoms with Gasteiger partial charge in [0.05, 0.1) is 18.1 Å². The number of morpholine rings is 1. The van der Waals surface area contributed by atoms with Gasteiger partial charge in [-0.25, -0.2) is 0 Å². The summed E-state index contributed by atoms with van der Waals surface area (Å²) in [4.78, 5) is 13.1. The molecule has 6 nitrogen and oxygen atoms in total. The molecule has 6 heteroatoms. The molecule has 0 saturated carbocycles. The molecule has 0 aliphatic carbocycles. The number of nitro groups is 1. The van der Waals surface area contributed by atoms with Crippen LogP contribution in [0.15, 0.2) is 48.5 Å². The van der Waals surface area contributed by atoms with Crippen molar-refractivity contribution < 1.29 is 9.66 Å². The number of benzene rings is 2. The Morgan fingerprint density at radius 3 is 2.71 bits per heavy atom. The lowest BCUT2D eigenvalue weighted by Crippen LogP contribution is -2.37. The van der Waals surface area contributed by atoms with Gasteiger partial charge in [0.25, 0.3) is 5.69 Å².